The maximum Gasteiger partial charge on any atom is 0.274 e. The first-order valence-electron chi connectivity index (χ1n) is 10.1. The minimum Gasteiger partial charge on any atom is -0.337 e. The summed E-state index contributed by atoms with van der Waals surface area (Å²) in [5.41, 5.74) is 1.13. The second kappa shape index (κ2) is 7.02. The zero-order valence-corrected chi connectivity index (χ0v) is 17.1. The summed E-state index contributed by atoms with van der Waals surface area (Å²) in [6.45, 7) is 2.86. The monoisotopic (exact) mass is 409 g/mol. The van der Waals surface area contributed by atoms with E-state index in [4.69, 9.17) is 0 Å². The molecule has 0 aliphatic carbocycles. The number of rotatable bonds is 2. The molecular formula is C21H24FN7O. The van der Waals surface area contributed by atoms with Crippen LogP contribution in [0.3, 0.4) is 0 Å². The van der Waals surface area contributed by atoms with Gasteiger partial charge in [0, 0.05) is 38.4 Å². The normalized spacial score (nSPS) is 18.6. The predicted molar refractivity (Wildman–Crippen MR) is 108 cm³/mol. The smallest absolute Gasteiger partial charge is 0.274 e. The van der Waals surface area contributed by atoms with Gasteiger partial charge in [-0.05, 0) is 50.2 Å². The third-order valence-corrected chi connectivity index (χ3v) is 6.20. The maximum atomic E-state index is 13.4. The van der Waals surface area contributed by atoms with Crippen molar-refractivity contribution in [2.24, 2.45) is 7.05 Å². The third-order valence-electron chi connectivity index (χ3n) is 6.20. The van der Waals surface area contributed by atoms with Crippen LogP contribution in [0.4, 0.5) is 4.39 Å². The minimum atomic E-state index is -0.270. The second-order valence-corrected chi connectivity index (χ2v) is 8.35. The van der Waals surface area contributed by atoms with Gasteiger partial charge < -0.3 is 9.47 Å². The lowest BCUT2D eigenvalue weighted by atomic mass is 9.84. The highest BCUT2D eigenvalue weighted by atomic mass is 19.1. The molecule has 0 radical (unpaired) electrons. The molecule has 4 heterocycles. The first kappa shape index (κ1) is 18.9. The molecule has 0 atom stereocenters. The fourth-order valence-corrected chi connectivity index (χ4v) is 4.77. The van der Waals surface area contributed by atoms with Crippen molar-refractivity contribution in [3.63, 3.8) is 0 Å². The van der Waals surface area contributed by atoms with Crippen molar-refractivity contribution in [3.05, 3.63) is 53.9 Å². The van der Waals surface area contributed by atoms with Gasteiger partial charge in [0.2, 0.25) is 0 Å². The Morgan fingerprint density at radius 1 is 1.07 bits per heavy atom. The Balaban J connectivity index is 1.45. The van der Waals surface area contributed by atoms with E-state index in [1.807, 2.05) is 11.9 Å². The van der Waals surface area contributed by atoms with E-state index in [1.165, 1.54) is 12.1 Å². The van der Waals surface area contributed by atoms with Gasteiger partial charge in [0.15, 0.2) is 5.82 Å². The number of carbonyl (C=O) groups excluding carboxylic acids is 1. The number of piperidine rings is 1. The highest BCUT2D eigenvalue weighted by Crippen LogP contribution is 2.39. The van der Waals surface area contributed by atoms with Gasteiger partial charge in [0.25, 0.3) is 5.91 Å². The lowest BCUT2D eigenvalue weighted by molar-refractivity contribution is 0.0405. The van der Waals surface area contributed by atoms with E-state index >= 15 is 0 Å². The Bertz CT molecular complexity index is 1080. The fourth-order valence-electron chi connectivity index (χ4n) is 4.77. The molecule has 1 amide bonds. The van der Waals surface area contributed by atoms with Crippen molar-refractivity contribution in [2.45, 2.75) is 24.9 Å². The van der Waals surface area contributed by atoms with Crippen LogP contribution in [0, 0.1) is 5.82 Å². The molecule has 8 nitrogen and oxygen atoms in total. The number of likely N-dealkylation sites (tertiary alicyclic amines) is 1. The molecule has 9 heteroatoms. The van der Waals surface area contributed by atoms with Crippen LogP contribution in [0.5, 0.6) is 0 Å². The van der Waals surface area contributed by atoms with Crippen molar-refractivity contribution in [3.8, 4) is 11.4 Å². The van der Waals surface area contributed by atoms with Crippen LogP contribution in [0.1, 0.15) is 29.2 Å². The first-order chi connectivity index (χ1) is 14.4. The molecule has 3 aromatic rings. The Labute approximate surface area is 173 Å². The summed E-state index contributed by atoms with van der Waals surface area (Å²) in [6, 6.07) is 8.15. The van der Waals surface area contributed by atoms with Crippen molar-refractivity contribution >= 4 is 5.91 Å². The van der Waals surface area contributed by atoms with Gasteiger partial charge >= 0.3 is 0 Å². The lowest BCUT2D eigenvalue weighted by Gasteiger charge is -2.48. The number of hydrogen-bond acceptors (Lipinski definition) is 5. The van der Waals surface area contributed by atoms with Crippen molar-refractivity contribution in [1.82, 2.24) is 34.3 Å². The molecule has 156 valence electrons. The zero-order chi connectivity index (χ0) is 20.9. The van der Waals surface area contributed by atoms with Crippen molar-refractivity contribution in [1.29, 1.82) is 0 Å². The van der Waals surface area contributed by atoms with Crippen LogP contribution in [0.2, 0.25) is 0 Å². The number of hydrogen-bond donors (Lipinski definition) is 0. The van der Waals surface area contributed by atoms with E-state index in [0.29, 0.717) is 25.3 Å². The standard InChI is InChI=1S/C21H24FN7O/c1-26-13-18-23-24-19(15-3-5-16(22)6-4-15)29(18)21(14-26)8-11-28(12-9-21)20(30)17-7-10-27(2)25-17/h3-7,10H,8-9,11-14H2,1-2H3. The fraction of sp³-hybridized carbons (Fsp3) is 0.429. The summed E-state index contributed by atoms with van der Waals surface area (Å²) in [6.07, 6.45) is 3.39. The molecule has 0 unspecified atom stereocenters. The van der Waals surface area contributed by atoms with Gasteiger partial charge in [-0.2, -0.15) is 5.10 Å². The van der Waals surface area contributed by atoms with Crippen LogP contribution in [0.25, 0.3) is 11.4 Å². The highest BCUT2D eigenvalue weighted by Gasteiger charge is 2.44. The molecule has 5 rings (SSSR count). The second-order valence-electron chi connectivity index (χ2n) is 8.35. The molecule has 1 saturated heterocycles. The van der Waals surface area contributed by atoms with Gasteiger partial charge in [0.1, 0.15) is 17.3 Å². The molecule has 1 aromatic carbocycles. The Morgan fingerprint density at radius 2 is 1.80 bits per heavy atom. The van der Waals surface area contributed by atoms with E-state index in [9.17, 15) is 9.18 Å². The number of amides is 1. The van der Waals surface area contributed by atoms with Crippen LogP contribution in [-0.4, -0.2) is 66.9 Å². The lowest BCUT2D eigenvalue weighted by Crippen LogP contribution is -2.56. The largest absolute Gasteiger partial charge is 0.337 e. The quantitative estimate of drug-likeness (QED) is 0.647. The summed E-state index contributed by atoms with van der Waals surface area (Å²) in [5.74, 6) is 1.38. The van der Waals surface area contributed by atoms with Crippen LogP contribution in [0.15, 0.2) is 36.5 Å². The number of fused-ring (bicyclic) bond motifs is 2. The van der Waals surface area contributed by atoms with Crippen LogP contribution >= 0.6 is 0 Å². The topological polar surface area (TPSA) is 72.1 Å². The Morgan fingerprint density at radius 3 is 2.47 bits per heavy atom. The summed E-state index contributed by atoms with van der Waals surface area (Å²) in [7, 11) is 3.90. The molecule has 0 saturated carbocycles. The molecule has 2 aliphatic heterocycles. The Hall–Kier alpha value is -3.07. The molecule has 0 N–H and O–H groups in total. The molecule has 1 spiro atoms. The summed E-state index contributed by atoms with van der Waals surface area (Å²) in [4.78, 5) is 17.0. The number of aromatic nitrogens is 5. The number of halogens is 1. The number of nitrogens with zero attached hydrogens (tertiary/aromatic N) is 7. The van der Waals surface area contributed by atoms with Crippen LogP contribution in [-0.2, 0) is 19.1 Å². The predicted octanol–water partition coefficient (Wildman–Crippen LogP) is 1.89. The average molecular weight is 409 g/mol. The van der Waals surface area contributed by atoms with Crippen LogP contribution < -0.4 is 0 Å². The maximum absolute atomic E-state index is 13.4. The molecule has 2 aromatic heterocycles. The minimum absolute atomic E-state index is 0.0302. The van der Waals surface area contributed by atoms with Crippen molar-refractivity contribution < 1.29 is 9.18 Å². The SMILES string of the molecule is CN1Cc2nnc(-c3ccc(F)cc3)n2C2(CCN(C(=O)c3ccn(C)n3)CC2)C1. The molecular weight excluding hydrogens is 385 g/mol. The van der Waals surface area contributed by atoms with Gasteiger partial charge in [-0.3, -0.25) is 14.4 Å². The van der Waals surface area contributed by atoms with E-state index in [1.54, 1.807) is 29.1 Å². The summed E-state index contributed by atoms with van der Waals surface area (Å²) in [5, 5.41) is 13.2. The average Bonchev–Trinajstić information content (AvgIpc) is 3.35. The van der Waals surface area contributed by atoms with E-state index < -0.39 is 0 Å². The molecule has 30 heavy (non-hydrogen) atoms. The van der Waals surface area contributed by atoms with Gasteiger partial charge in [-0.25, -0.2) is 4.39 Å². The van der Waals surface area contributed by atoms with Gasteiger partial charge in [-0.15, -0.1) is 10.2 Å². The van der Waals surface area contributed by atoms with E-state index in [-0.39, 0.29) is 17.3 Å². The molecule has 1 fully saturated rings. The molecule has 2 aliphatic rings. The van der Waals surface area contributed by atoms with Gasteiger partial charge in [-0.1, -0.05) is 0 Å². The van der Waals surface area contributed by atoms with E-state index in [2.05, 4.69) is 31.8 Å². The first-order valence-corrected chi connectivity index (χ1v) is 10.1. The third kappa shape index (κ3) is 3.09. The number of carbonyl (C=O) groups is 1. The zero-order valence-electron chi connectivity index (χ0n) is 17.1. The number of aryl methyl sites for hydroxylation is 1. The van der Waals surface area contributed by atoms with E-state index in [0.717, 1.165) is 36.6 Å². The summed E-state index contributed by atoms with van der Waals surface area (Å²) < 4.78 is 17.3. The van der Waals surface area contributed by atoms with Gasteiger partial charge in [0.05, 0.1) is 12.1 Å². The Kier molecular flexibility index (Phi) is 4.43. The summed E-state index contributed by atoms with van der Waals surface area (Å²) >= 11 is 0. The number of likely N-dealkylation sites (N-methyl/N-ethyl adjacent to an activating group) is 1. The molecule has 0 bridgehead atoms. The van der Waals surface area contributed by atoms with Crippen molar-refractivity contribution in [2.75, 3.05) is 26.7 Å². The number of benzene rings is 1. The highest BCUT2D eigenvalue weighted by molar-refractivity contribution is 5.92.